The number of anilines is 7. The van der Waals surface area contributed by atoms with Gasteiger partial charge < -0.3 is 59.4 Å². The molecular formula is C70H66N8O16. The van der Waals surface area contributed by atoms with E-state index in [-0.39, 0.29) is 11.6 Å². The van der Waals surface area contributed by atoms with Gasteiger partial charge in [0, 0.05) is 28.3 Å². The Morgan fingerprint density at radius 3 is 1.03 bits per heavy atom. The van der Waals surface area contributed by atoms with Crippen molar-refractivity contribution in [3.63, 3.8) is 0 Å². The Morgan fingerprint density at radius 2 is 0.702 bits per heavy atom. The lowest BCUT2D eigenvalue weighted by Gasteiger charge is -2.30. The van der Waals surface area contributed by atoms with E-state index in [1.54, 1.807) is 241 Å². The standard InChI is InChI=1S/C23H20N2O5.C17H14N2O5.C15H16N2O3.C8H7NO2.C7H9NO/c1-29-19-12-8-17(9-13-19)24-21(26)23(28,16-6-4-3-5-7-16)25(22(24)27)18-10-14-20(30-2)15-11-18;1-23-13-7-3-11(4-8-13)18-15(20)16(21)19(17(18)22)12-5-9-14(24-2)10-6-12;1-19-13-7-3-11(4-8-13)16-15(18)17-12-5-9-14(20-2)10-6-12;1-11-8-4-2-7(3-5-8)9-6-10;1-9-7-4-2-6(8)3-5-7/h3-15,28H,1-2H3;3-10H,1-2H3;3-10H,1-2H3,(H2,16,17,18);2-5H,1H3;2-5H,8H2,1H3. The number of nitrogens with one attached hydrogen (secondary N) is 2. The zero-order valence-electron chi connectivity index (χ0n) is 52.2. The van der Waals surface area contributed by atoms with Gasteiger partial charge in [-0.05, 0) is 194 Å². The van der Waals surface area contributed by atoms with Crippen molar-refractivity contribution in [1.29, 1.82) is 0 Å². The van der Waals surface area contributed by atoms with Gasteiger partial charge >= 0.3 is 29.9 Å². The molecule has 2 aliphatic rings. The highest BCUT2D eigenvalue weighted by Crippen LogP contribution is 2.42. The molecule has 24 nitrogen and oxygen atoms in total. The third kappa shape index (κ3) is 17.2. The first kappa shape index (κ1) is 68.8. The molecule has 2 fully saturated rings. The lowest BCUT2D eigenvalue weighted by Crippen LogP contribution is -2.47. The van der Waals surface area contributed by atoms with Crippen molar-refractivity contribution in [3.05, 3.63) is 230 Å². The van der Waals surface area contributed by atoms with E-state index >= 15 is 0 Å². The van der Waals surface area contributed by atoms with Crippen LogP contribution in [-0.4, -0.2) is 104 Å². The number of amides is 9. The third-order valence-corrected chi connectivity index (χ3v) is 13.7. The van der Waals surface area contributed by atoms with E-state index in [9.17, 15) is 38.7 Å². The average molecular weight is 1280 g/mol. The highest BCUT2D eigenvalue weighted by Gasteiger charge is 2.59. The molecule has 0 aromatic heterocycles. The van der Waals surface area contributed by atoms with Crippen LogP contribution in [0.25, 0.3) is 0 Å². The molecule has 0 saturated carbocycles. The monoisotopic (exact) mass is 1270 g/mol. The first-order valence-corrected chi connectivity index (χ1v) is 28.2. The van der Waals surface area contributed by atoms with Gasteiger partial charge in [0.1, 0.15) is 46.0 Å². The SMILES string of the molecule is COc1ccc(N)cc1.COc1ccc(N2C(=O)C(=O)N(c3ccc(OC)cc3)C2=O)cc1.COc1ccc(N2C(=O)N(c3ccc(OC)cc3)C(O)(c3ccccc3)C2=O)cc1.COc1ccc(N=C=O)cc1.COc1ccc(NC(=O)Nc2ccc(OC)cc2)cc1. The summed E-state index contributed by atoms with van der Waals surface area (Å²) in [6, 6.07) is 60.6. The molecular weight excluding hydrogens is 1210 g/mol. The summed E-state index contributed by atoms with van der Waals surface area (Å²) in [5.74, 6) is 2.83. The number of isocyanates is 1. The highest BCUT2D eigenvalue weighted by atomic mass is 16.5. The minimum Gasteiger partial charge on any atom is -0.497 e. The lowest BCUT2D eigenvalue weighted by molar-refractivity contribution is -0.133. The molecule has 2 aliphatic heterocycles. The van der Waals surface area contributed by atoms with E-state index < -0.39 is 35.5 Å². The number of ether oxygens (including phenoxy) is 8. The fourth-order valence-corrected chi connectivity index (χ4v) is 8.83. The molecule has 5 N–H and O–H groups in total. The normalized spacial score (nSPS) is 13.5. The molecule has 0 spiro atoms. The van der Waals surface area contributed by atoms with Gasteiger partial charge in [-0.3, -0.25) is 19.3 Å². The fraction of sp³-hybridized carbons (Fsp3) is 0.129. The van der Waals surface area contributed by atoms with Crippen LogP contribution in [0.4, 0.5) is 59.9 Å². The van der Waals surface area contributed by atoms with Crippen molar-refractivity contribution in [2.24, 2.45) is 4.99 Å². The highest BCUT2D eigenvalue weighted by molar-refractivity contribution is 6.60. The summed E-state index contributed by atoms with van der Waals surface area (Å²) in [5, 5.41) is 17.1. The van der Waals surface area contributed by atoms with Gasteiger partial charge in [0.15, 0.2) is 0 Å². The minimum atomic E-state index is -2.20. The quantitative estimate of drug-likeness (QED) is 0.0230. The van der Waals surface area contributed by atoms with E-state index in [0.717, 1.165) is 48.3 Å². The van der Waals surface area contributed by atoms with Gasteiger partial charge in [0.2, 0.25) is 6.08 Å². The number of hydrogen-bond acceptors (Lipinski definition) is 18. The maximum Gasteiger partial charge on any atom is 0.343 e. The third-order valence-electron chi connectivity index (χ3n) is 13.7. The van der Waals surface area contributed by atoms with Crippen LogP contribution in [0.5, 0.6) is 46.0 Å². The number of carbonyl (C=O) groups excluding carboxylic acids is 7. The number of carbonyl (C=O) groups is 6. The van der Waals surface area contributed by atoms with Crippen LogP contribution in [-0.2, 0) is 24.9 Å². The van der Waals surface area contributed by atoms with Crippen LogP contribution >= 0.6 is 0 Å². The summed E-state index contributed by atoms with van der Waals surface area (Å²) in [6.45, 7) is 0. The van der Waals surface area contributed by atoms with E-state index in [1.807, 2.05) is 12.1 Å². The van der Waals surface area contributed by atoms with Crippen molar-refractivity contribution in [1.82, 2.24) is 0 Å². The topological polar surface area (TPSA) is 289 Å². The van der Waals surface area contributed by atoms with Crippen molar-refractivity contribution in [2.75, 3.05) is 92.8 Å². The van der Waals surface area contributed by atoms with E-state index in [1.165, 1.54) is 34.5 Å². The zero-order chi connectivity index (χ0) is 67.7. The zero-order valence-corrected chi connectivity index (χ0v) is 52.2. The number of aliphatic hydroxyl groups is 1. The van der Waals surface area contributed by atoms with Gasteiger partial charge in [-0.1, -0.05) is 30.3 Å². The second-order valence-corrected chi connectivity index (χ2v) is 19.4. The van der Waals surface area contributed by atoms with Crippen molar-refractivity contribution < 1.29 is 76.6 Å². The van der Waals surface area contributed by atoms with Gasteiger partial charge in [-0.15, -0.1) is 0 Å². The summed E-state index contributed by atoms with van der Waals surface area (Å²) in [6.07, 6.45) is 1.46. The van der Waals surface area contributed by atoms with Crippen molar-refractivity contribution >= 4 is 87.4 Å². The summed E-state index contributed by atoms with van der Waals surface area (Å²) < 4.78 is 40.3. The van der Waals surface area contributed by atoms with Gasteiger partial charge in [0.05, 0.1) is 79.6 Å². The molecule has 94 heavy (non-hydrogen) atoms. The van der Waals surface area contributed by atoms with Crippen LogP contribution in [0.2, 0.25) is 0 Å². The Hall–Kier alpha value is -12.7. The molecule has 0 radical (unpaired) electrons. The Bertz CT molecular complexity index is 3910. The number of urea groups is 3. The molecule has 9 aromatic rings. The second-order valence-electron chi connectivity index (χ2n) is 19.4. The number of hydrogen-bond donors (Lipinski definition) is 4. The number of rotatable bonds is 16. The summed E-state index contributed by atoms with van der Waals surface area (Å²) in [5.41, 5.74) is 7.53. The first-order valence-electron chi connectivity index (χ1n) is 28.2. The Morgan fingerprint density at radius 1 is 0.404 bits per heavy atom. The van der Waals surface area contributed by atoms with Crippen LogP contribution in [0.3, 0.4) is 0 Å². The number of nitrogens with two attached hydrogens (primary N) is 1. The number of imide groups is 3. The largest absolute Gasteiger partial charge is 0.497 e. The molecule has 2 saturated heterocycles. The predicted molar refractivity (Wildman–Crippen MR) is 355 cm³/mol. The lowest BCUT2D eigenvalue weighted by atomic mass is 10.0. The van der Waals surface area contributed by atoms with Crippen molar-refractivity contribution in [3.8, 4) is 46.0 Å². The van der Waals surface area contributed by atoms with Crippen LogP contribution in [0.15, 0.2) is 229 Å². The van der Waals surface area contributed by atoms with Crippen molar-refractivity contribution in [2.45, 2.75) is 5.72 Å². The van der Waals surface area contributed by atoms with E-state index in [2.05, 4.69) is 15.6 Å². The smallest absolute Gasteiger partial charge is 0.343 e. The molecule has 0 aliphatic carbocycles. The fourth-order valence-electron chi connectivity index (χ4n) is 8.83. The maximum absolute atomic E-state index is 13.5. The van der Waals surface area contributed by atoms with Crippen LogP contribution in [0.1, 0.15) is 5.56 Å². The molecule has 1 unspecified atom stereocenters. The second kappa shape index (κ2) is 33.2. The van der Waals surface area contributed by atoms with E-state index in [4.69, 9.17) is 43.6 Å². The molecule has 11 rings (SSSR count). The summed E-state index contributed by atoms with van der Waals surface area (Å²) in [7, 11) is 12.5. The predicted octanol–water partition coefficient (Wildman–Crippen LogP) is 12.0. The number of nitrogens with zero attached hydrogens (tertiary/aromatic N) is 5. The molecule has 24 heteroatoms. The molecule has 482 valence electrons. The molecule has 9 aromatic carbocycles. The number of benzene rings is 9. The van der Waals surface area contributed by atoms with Crippen LogP contribution in [0, 0.1) is 0 Å². The van der Waals surface area contributed by atoms with Gasteiger partial charge in [-0.25, -0.2) is 33.9 Å². The van der Waals surface area contributed by atoms with E-state index in [0.29, 0.717) is 62.8 Å². The molecule has 1 atom stereocenters. The molecule has 0 bridgehead atoms. The number of nitrogen functional groups attached to an aromatic ring is 1. The Kier molecular flexibility index (Phi) is 24.3. The maximum atomic E-state index is 13.5. The molecule has 9 amide bonds. The Balaban J connectivity index is 0.000000176. The number of aliphatic imine (C=N–C) groups is 1. The van der Waals surface area contributed by atoms with Crippen LogP contribution < -0.4 is 73.9 Å². The van der Waals surface area contributed by atoms with Gasteiger partial charge in [-0.2, -0.15) is 4.99 Å². The average Bonchev–Trinajstić information content (AvgIpc) is 1.58. The van der Waals surface area contributed by atoms with Gasteiger partial charge in [0.25, 0.3) is 11.6 Å². The summed E-state index contributed by atoms with van der Waals surface area (Å²) >= 11 is 0. The molecule has 2 heterocycles. The number of methoxy groups -OCH3 is 8. The minimum absolute atomic E-state index is 0.287. The summed E-state index contributed by atoms with van der Waals surface area (Å²) in [4.78, 5) is 92.7. The Labute approximate surface area is 541 Å². The first-order chi connectivity index (χ1) is 45.5.